The molecule has 0 aliphatic carbocycles. The number of aryl methyl sites for hydroxylation is 1. The van der Waals surface area contributed by atoms with Crippen LogP contribution in [0.2, 0.25) is 0 Å². The van der Waals surface area contributed by atoms with Crippen LogP contribution in [-0.2, 0) is 16.1 Å². The molecule has 0 bridgehead atoms. The summed E-state index contributed by atoms with van der Waals surface area (Å²) in [6, 6.07) is 23.0. The van der Waals surface area contributed by atoms with Gasteiger partial charge in [0.05, 0.1) is 11.6 Å². The van der Waals surface area contributed by atoms with Gasteiger partial charge in [0, 0.05) is 17.0 Å². The normalized spacial score (nSPS) is 13.5. The van der Waals surface area contributed by atoms with Gasteiger partial charge >= 0.3 is 5.97 Å². The third kappa shape index (κ3) is 4.67. The van der Waals surface area contributed by atoms with E-state index in [1.807, 2.05) is 49.4 Å². The first-order chi connectivity index (χ1) is 14.4. The minimum Gasteiger partial charge on any atom is -0.755 e. The van der Waals surface area contributed by atoms with Crippen molar-refractivity contribution in [3.05, 3.63) is 102 Å². The number of anilines is 1. The zero-order valence-electron chi connectivity index (χ0n) is 16.7. The fraction of sp³-hybridized carbons (Fsp3) is 0.125. The third-order valence-electron chi connectivity index (χ3n) is 4.87. The Morgan fingerprint density at radius 2 is 1.53 bits per heavy atom. The van der Waals surface area contributed by atoms with Crippen LogP contribution < -0.4 is 4.31 Å². The zero-order chi connectivity index (χ0) is 21.7. The van der Waals surface area contributed by atoms with Gasteiger partial charge in [-0.1, -0.05) is 78.4 Å². The Morgan fingerprint density at radius 1 is 0.967 bits per heavy atom. The van der Waals surface area contributed by atoms with Crippen LogP contribution in [0.3, 0.4) is 0 Å². The quantitative estimate of drug-likeness (QED) is 0.429. The summed E-state index contributed by atoms with van der Waals surface area (Å²) in [6.45, 7) is 3.49. The summed E-state index contributed by atoms with van der Waals surface area (Å²) in [7, 11) is 0. The highest BCUT2D eigenvalue weighted by Crippen LogP contribution is 2.35. The standard InChI is InChI=1S/C24H23NO4S/c1-3-22(24(26)27)23(25(30(28)29)21-15-9-17(2)10-16-21)20-13-11-19(12-14-20)18-7-5-4-6-8-18/h3-16,23H,1-2H3,(H,26,27)(H,28,29)/p-1. The largest absolute Gasteiger partial charge is 0.755 e. The van der Waals surface area contributed by atoms with Gasteiger partial charge in [-0.2, -0.15) is 0 Å². The van der Waals surface area contributed by atoms with Crippen molar-refractivity contribution >= 4 is 22.9 Å². The third-order valence-corrected chi connectivity index (χ3v) is 5.61. The molecule has 0 heterocycles. The van der Waals surface area contributed by atoms with Gasteiger partial charge in [0.25, 0.3) is 0 Å². The van der Waals surface area contributed by atoms with E-state index >= 15 is 0 Å². The average Bonchev–Trinajstić information content (AvgIpc) is 2.75. The van der Waals surface area contributed by atoms with Crippen LogP contribution in [-0.4, -0.2) is 19.8 Å². The minimum atomic E-state index is -2.69. The van der Waals surface area contributed by atoms with Gasteiger partial charge in [0.2, 0.25) is 0 Å². The number of aliphatic carboxylic acids is 1. The van der Waals surface area contributed by atoms with E-state index in [-0.39, 0.29) is 5.57 Å². The van der Waals surface area contributed by atoms with Crippen molar-refractivity contribution in [2.75, 3.05) is 4.31 Å². The van der Waals surface area contributed by atoms with Gasteiger partial charge in [-0.15, -0.1) is 0 Å². The van der Waals surface area contributed by atoms with Gasteiger partial charge in [-0.3, -0.25) is 8.51 Å². The number of hydrogen-bond donors (Lipinski definition) is 1. The Kier molecular flexibility index (Phi) is 6.82. The zero-order valence-corrected chi connectivity index (χ0v) is 17.5. The van der Waals surface area contributed by atoms with Crippen LogP contribution in [0.4, 0.5) is 5.69 Å². The summed E-state index contributed by atoms with van der Waals surface area (Å²) >= 11 is -2.69. The predicted molar refractivity (Wildman–Crippen MR) is 119 cm³/mol. The van der Waals surface area contributed by atoms with E-state index in [2.05, 4.69) is 0 Å². The number of rotatable bonds is 7. The summed E-state index contributed by atoms with van der Waals surface area (Å²) in [5, 5.41) is 9.76. The summed E-state index contributed by atoms with van der Waals surface area (Å²) in [6.07, 6.45) is 1.44. The molecule has 0 amide bonds. The molecule has 3 aromatic carbocycles. The number of allylic oxidation sites excluding steroid dienone is 1. The first kappa shape index (κ1) is 21.5. The molecule has 3 rings (SSSR count). The van der Waals surface area contributed by atoms with Crippen LogP contribution in [0.15, 0.2) is 90.5 Å². The smallest absolute Gasteiger partial charge is 0.333 e. The van der Waals surface area contributed by atoms with Crippen LogP contribution in [0.5, 0.6) is 0 Å². The summed E-state index contributed by atoms with van der Waals surface area (Å²) < 4.78 is 25.6. The number of carbonyl (C=O) groups is 1. The Labute approximate surface area is 178 Å². The van der Waals surface area contributed by atoms with Crippen LogP contribution in [0, 0.1) is 6.92 Å². The lowest BCUT2D eigenvalue weighted by atomic mass is 9.95. The molecular formula is C24H22NO4S-. The molecule has 0 saturated heterocycles. The van der Waals surface area contributed by atoms with E-state index in [1.165, 1.54) is 6.08 Å². The lowest BCUT2D eigenvalue weighted by molar-refractivity contribution is -0.132. The number of carboxylic acids is 1. The summed E-state index contributed by atoms with van der Waals surface area (Å²) in [5.41, 5.74) is 3.89. The van der Waals surface area contributed by atoms with Crippen molar-refractivity contribution in [1.29, 1.82) is 0 Å². The molecule has 154 valence electrons. The number of carboxylic acid groups (broad SMARTS) is 1. The van der Waals surface area contributed by atoms with Gasteiger partial charge < -0.3 is 9.66 Å². The van der Waals surface area contributed by atoms with Gasteiger partial charge in [-0.05, 0) is 42.7 Å². The molecule has 0 spiro atoms. The molecular weight excluding hydrogens is 398 g/mol. The maximum absolute atomic E-state index is 12.2. The number of benzene rings is 3. The fourth-order valence-corrected chi connectivity index (χ4v) is 4.04. The Bertz CT molecular complexity index is 1060. The maximum Gasteiger partial charge on any atom is 0.333 e. The first-order valence-electron chi connectivity index (χ1n) is 9.42. The van der Waals surface area contributed by atoms with E-state index in [0.717, 1.165) is 21.0 Å². The Balaban J connectivity index is 2.11. The molecule has 3 aromatic rings. The molecule has 30 heavy (non-hydrogen) atoms. The Hall–Kier alpha value is -3.22. The molecule has 0 aliphatic rings. The molecule has 0 aromatic heterocycles. The van der Waals surface area contributed by atoms with Crippen molar-refractivity contribution in [3.8, 4) is 11.1 Å². The van der Waals surface area contributed by atoms with Crippen LogP contribution in [0.25, 0.3) is 11.1 Å². The van der Waals surface area contributed by atoms with Gasteiger partial charge in [0.1, 0.15) is 0 Å². The highest BCUT2D eigenvalue weighted by Gasteiger charge is 2.29. The predicted octanol–water partition coefficient (Wildman–Crippen LogP) is 5.03. The van der Waals surface area contributed by atoms with Gasteiger partial charge in [-0.25, -0.2) is 4.79 Å². The fourth-order valence-electron chi connectivity index (χ4n) is 3.34. The molecule has 0 aliphatic heterocycles. The molecule has 2 atom stereocenters. The van der Waals surface area contributed by atoms with Crippen molar-refractivity contribution in [3.63, 3.8) is 0 Å². The Morgan fingerprint density at radius 3 is 2.03 bits per heavy atom. The molecule has 0 fully saturated rings. The lowest BCUT2D eigenvalue weighted by Crippen LogP contribution is -2.33. The SMILES string of the molecule is CC=C(C(=O)O)C(c1ccc(-c2ccccc2)cc1)N(c1ccc(C)cc1)S(=O)[O-]. The molecule has 6 heteroatoms. The minimum absolute atomic E-state index is 0.0211. The van der Waals surface area contributed by atoms with E-state index in [0.29, 0.717) is 11.3 Å². The second-order valence-corrected chi connectivity index (χ2v) is 7.65. The summed E-state index contributed by atoms with van der Waals surface area (Å²) in [4.78, 5) is 12.0. The van der Waals surface area contributed by atoms with Crippen LogP contribution in [0.1, 0.15) is 24.1 Å². The highest BCUT2D eigenvalue weighted by atomic mass is 32.2. The highest BCUT2D eigenvalue weighted by molar-refractivity contribution is 7.80. The molecule has 0 radical (unpaired) electrons. The number of hydrogen-bond acceptors (Lipinski definition) is 3. The molecule has 5 nitrogen and oxygen atoms in total. The second kappa shape index (κ2) is 9.52. The molecule has 0 saturated carbocycles. The van der Waals surface area contributed by atoms with E-state index in [1.54, 1.807) is 43.3 Å². The topological polar surface area (TPSA) is 80.7 Å². The van der Waals surface area contributed by atoms with E-state index < -0.39 is 23.3 Å². The van der Waals surface area contributed by atoms with Crippen molar-refractivity contribution in [2.45, 2.75) is 19.9 Å². The van der Waals surface area contributed by atoms with Crippen molar-refractivity contribution < 1.29 is 18.7 Å². The van der Waals surface area contributed by atoms with Gasteiger partial charge in [0.15, 0.2) is 0 Å². The lowest BCUT2D eigenvalue weighted by Gasteiger charge is -2.35. The second-order valence-electron chi connectivity index (χ2n) is 6.82. The van der Waals surface area contributed by atoms with E-state index in [9.17, 15) is 18.7 Å². The molecule has 2 unspecified atom stereocenters. The number of nitrogens with zero attached hydrogens (tertiary/aromatic N) is 1. The molecule has 1 N–H and O–H groups in total. The van der Waals surface area contributed by atoms with E-state index in [4.69, 9.17) is 0 Å². The summed E-state index contributed by atoms with van der Waals surface area (Å²) in [5.74, 6) is -1.17. The maximum atomic E-state index is 12.2. The van der Waals surface area contributed by atoms with Crippen molar-refractivity contribution in [1.82, 2.24) is 0 Å². The van der Waals surface area contributed by atoms with Crippen LogP contribution >= 0.6 is 0 Å². The van der Waals surface area contributed by atoms with Crippen molar-refractivity contribution in [2.24, 2.45) is 0 Å². The monoisotopic (exact) mass is 420 g/mol. The first-order valence-corrected chi connectivity index (χ1v) is 10.5. The average molecular weight is 421 g/mol.